The number of carbonyl (C=O) groups is 1. The topological polar surface area (TPSA) is 75.8 Å². The second-order valence-electron chi connectivity index (χ2n) is 3.85. The Kier molecular flexibility index (Phi) is 12.6. The molecule has 0 aliphatic rings. The molecule has 0 saturated heterocycles. The Morgan fingerprint density at radius 2 is 2.00 bits per heavy atom. The molecule has 0 aliphatic carbocycles. The van der Waals surface area contributed by atoms with Crippen molar-refractivity contribution >= 4 is 23.4 Å². The Morgan fingerprint density at radius 3 is 2.24 bits per heavy atom. The molecule has 1 unspecified atom stereocenters. The van der Waals surface area contributed by atoms with Crippen molar-refractivity contribution in [3.8, 4) is 0 Å². The molecule has 3 N–H and O–H groups in total. The van der Waals surface area contributed by atoms with E-state index in [-0.39, 0.29) is 11.2 Å². The minimum Gasteiger partial charge on any atom is -0.480 e. The molecule has 0 bridgehead atoms. The van der Waals surface area contributed by atoms with Crippen LogP contribution in [0, 0.1) is 0 Å². The fourth-order valence-electron chi connectivity index (χ4n) is 0.746. The monoisotopic (exact) mass is 264 g/mol. The largest absolute Gasteiger partial charge is 0.480 e. The van der Waals surface area contributed by atoms with Crippen LogP contribution in [0.1, 0.15) is 33.1 Å². The Morgan fingerprint density at radius 1 is 1.47 bits per heavy atom. The molecule has 6 heteroatoms. The van der Waals surface area contributed by atoms with Gasteiger partial charge in [-0.2, -0.15) is 0 Å². The van der Waals surface area contributed by atoms with Crippen molar-refractivity contribution in [1.29, 1.82) is 0 Å². The molecule has 0 aliphatic heterocycles. The Labute approximate surface area is 109 Å². The minimum absolute atomic E-state index is 0.158. The number of hydrogen-bond donors (Lipinski definition) is 2. The molecule has 0 saturated carbocycles. The summed E-state index contributed by atoms with van der Waals surface area (Å²) in [7, 11) is 3.47. The fourth-order valence-corrected chi connectivity index (χ4v) is 0.829. The number of nitrogens with two attached hydrogens (primary N) is 1. The number of carboxylic acid groups (broad SMARTS) is 1. The van der Waals surface area contributed by atoms with Gasteiger partial charge in [0.2, 0.25) is 0 Å². The van der Waals surface area contributed by atoms with Gasteiger partial charge in [0, 0.05) is 0 Å². The van der Waals surface area contributed by atoms with Crippen molar-refractivity contribution in [1.82, 2.24) is 4.90 Å². The lowest BCUT2D eigenvalue weighted by Crippen LogP contribution is -2.32. The lowest BCUT2D eigenvalue weighted by molar-refractivity contribution is -0.141. The molecule has 0 aromatic heterocycles. The highest BCUT2D eigenvalue weighted by Gasteiger charge is 2.11. The highest BCUT2D eigenvalue weighted by atomic mass is 32.1. The lowest BCUT2D eigenvalue weighted by atomic mass is 10.3. The van der Waals surface area contributed by atoms with Crippen molar-refractivity contribution in [3.05, 3.63) is 0 Å². The van der Waals surface area contributed by atoms with Gasteiger partial charge in [-0.3, -0.25) is 9.69 Å². The van der Waals surface area contributed by atoms with Gasteiger partial charge in [0.15, 0.2) is 0 Å². The van der Waals surface area contributed by atoms with Gasteiger partial charge in [0.05, 0.1) is 6.61 Å². The lowest BCUT2D eigenvalue weighted by Gasteiger charge is -2.13. The van der Waals surface area contributed by atoms with Crippen LogP contribution in [0.25, 0.3) is 0 Å². The maximum Gasteiger partial charge on any atom is 0.320 e. The molecular formula is C11H24N2O3S. The van der Waals surface area contributed by atoms with Gasteiger partial charge in [-0.15, -0.1) is 0 Å². The smallest absolute Gasteiger partial charge is 0.320 e. The van der Waals surface area contributed by atoms with E-state index >= 15 is 0 Å². The first-order valence-electron chi connectivity index (χ1n) is 5.64. The molecule has 17 heavy (non-hydrogen) atoms. The first-order chi connectivity index (χ1) is 7.82. The predicted octanol–water partition coefficient (Wildman–Crippen LogP) is 1.46. The predicted molar refractivity (Wildman–Crippen MR) is 73.0 cm³/mol. The molecule has 0 aromatic rings. The molecule has 0 heterocycles. The van der Waals surface area contributed by atoms with Crippen LogP contribution in [0.4, 0.5) is 0 Å². The summed E-state index contributed by atoms with van der Waals surface area (Å²) in [5.41, 5.74) is 5.08. The zero-order chi connectivity index (χ0) is 13.8. The van der Waals surface area contributed by atoms with Crippen molar-refractivity contribution in [2.24, 2.45) is 5.73 Å². The van der Waals surface area contributed by atoms with Gasteiger partial charge in [-0.25, -0.2) is 0 Å². The highest BCUT2D eigenvalue weighted by molar-refractivity contribution is 7.80. The Bertz CT molecular complexity index is 223. The number of ether oxygens (including phenoxy) is 1. The van der Waals surface area contributed by atoms with E-state index in [1.54, 1.807) is 25.9 Å². The van der Waals surface area contributed by atoms with Crippen LogP contribution in [0.3, 0.4) is 0 Å². The summed E-state index contributed by atoms with van der Waals surface area (Å²) in [6, 6.07) is -0.380. The second kappa shape index (κ2) is 11.6. The number of rotatable bonds is 6. The summed E-state index contributed by atoms with van der Waals surface area (Å²) in [5, 5.41) is 8.47. The van der Waals surface area contributed by atoms with Gasteiger partial charge in [-0.1, -0.05) is 19.8 Å². The van der Waals surface area contributed by atoms with Crippen molar-refractivity contribution in [3.63, 3.8) is 0 Å². The zero-order valence-electron chi connectivity index (χ0n) is 11.1. The second-order valence-corrected chi connectivity index (χ2v) is 4.25. The molecule has 102 valence electrons. The number of unbranched alkanes of at least 4 members (excludes halogenated alkanes) is 2. The van der Waals surface area contributed by atoms with E-state index in [4.69, 9.17) is 15.6 Å². The Balaban J connectivity index is 0. The van der Waals surface area contributed by atoms with Crippen LogP contribution < -0.4 is 5.73 Å². The number of thiocarbonyl (C=S) groups is 1. The summed E-state index contributed by atoms with van der Waals surface area (Å²) in [4.78, 5) is 11.7. The summed E-state index contributed by atoms with van der Waals surface area (Å²) >= 11 is 4.50. The standard InChI is InChI=1S/C6H13NOS.C5H11NO2/c1-2-3-4-5-8-6(7)9;1-4(5(7)8)6(2)3/h2-5H2,1H3,(H2,7,9);4H,1-3H3,(H,7,8). The first kappa shape index (κ1) is 18.5. The van der Waals surface area contributed by atoms with Crippen LogP contribution in [-0.2, 0) is 9.53 Å². The van der Waals surface area contributed by atoms with Gasteiger partial charge >= 0.3 is 5.97 Å². The maximum absolute atomic E-state index is 10.1. The van der Waals surface area contributed by atoms with E-state index < -0.39 is 5.97 Å². The number of hydrogen-bond acceptors (Lipinski definition) is 4. The average molecular weight is 264 g/mol. The van der Waals surface area contributed by atoms with Crippen molar-refractivity contribution in [2.45, 2.75) is 39.2 Å². The molecule has 0 aromatic carbocycles. The molecule has 0 fully saturated rings. The zero-order valence-corrected chi connectivity index (χ0v) is 11.9. The summed E-state index contributed by atoms with van der Waals surface area (Å²) in [5.74, 6) is -0.782. The third kappa shape index (κ3) is 15.1. The maximum atomic E-state index is 10.1. The summed E-state index contributed by atoms with van der Waals surface area (Å²) in [6.07, 6.45) is 3.43. The van der Waals surface area contributed by atoms with E-state index in [9.17, 15) is 4.79 Å². The van der Waals surface area contributed by atoms with Gasteiger partial charge in [0.1, 0.15) is 6.04 Å². The average Bonchev–Trinajstić information content (AvgIpc) is 2.23. The van der Waals surface area contributed by atoms with Gasteiger partial charge in [0.25, 0.3) is 5.17 Å². The Hall–Kier alpha value is -0.880. The van der Waals surface area contributed by atoms with Crippen molar-refractivity contribution < 1.29 is 14.6 Å². The van der Waals surface area contributed by atoms with Crippen molar-refractivity contribution in [2.75, 3.05) is 20.7 Å². The molecule has 0 spiro atoms. The third-order valence-corrected chi connectivity index (χ3v) is 2.24. The highest BCUT2D eigenvalue weighted by Crippen LogP contribution is 1.93. The number of carboxylic acids is 1. The number of aliphatic carboxylic acids is 1. The molecule has 0 amide bonds. The molecule has 1 atom stereocenters. The van der Waals surface area contributed by atoms with Crippen LogP contribution in [0.5, 0.6) is 0 Å². The van der Waals surface area contributed by atoms with E-state index in [1.807, 2.05) is 0 Å². The van der Waals surface area contributed by atoms with E-state index in [0.29, 0.717) is 6.61 Å². The molecule has 0 rings (SSSR count). The molecular weight excluding hydrogens is 240 g/mol. The molecule has 0 radical (unpaired) electrons. The summed E-state index contributed by atoms with van der Waals surface area (Å²) < 4.78 is 4.85. The van der Waals surface area contributed by atoms with Gasteiger partial charge < -0.3 is 15.6 Å². The fraction of sp³-hybridized carbons (Fsp3) is 0.818. The van der Waals surface area contributed by atoms with Crippen LogP contribution in [0.15, 0.2) is 0 Å². The minimum atomic E-state index is -0.782. The van der Waals surface area contributed by atoms with Crippen LogP contribution in [-0.4, -0.2) is 47.9 Å². The van der Waals surface area contributed by atoms with E-state index in [1.165, 1.54) is 12.8 Å². The van der Waals surface area contributed by atoms with Gasteiger partial charge in [-0.05, 0) is 39.7 Å². The quantitative estimate of drug-likeness (QED) is 0.559. The number of nitrogens with zero attached hydrogens (tertiary/aromatic N) is 1. The van der Waals surface area contributed by atoms with E-state index in [2.05, 4.69) is 19.1 Å². The van der Waals surface area contributed by atoms with Crippen LogP contribution >= 0.6 is 12.2 Å². The van der Waals surface area contributed by atoms with E-state index in [0.717, 1.165) is 6.42 Å². The third-order valence-electron chi connectivity index (χ3n) is 2.12. The molecule has 5 nitrogen and oxygen atoms in total. The normalized spacial score (nSPS) is 11.4. The summed E-state index contributed by atoms with van der Waals surface area (Å²) in [6.45, 7) is 4.45. The van der Waals surface area contributed by atoms with Crippen LogP contribution in [0.2, 0.25) is 0 Å². The SMILES string of the molecule is CC(C(=O)O)N(C)C.CCCCCOC(N)=S. The first-order valence-corrected chi connectivity index (χ1v) is 6.05. The number of likely N-dealkylation sites (N-methyl/N-ethyl adjacent to an activating group) is 1.